The molecular weight excluding hydrogens is 332 g/mol. The van der Waals surface area contributed by atoms with Gasteiger partial charge in [-0.15, -0.1) is 0 Å². The Balaban J connectivity index is 2.73. The summed E-state index contributed by atoms with van der Waals surface area (Å²) in [5, 5.41) is 11.3. The number of carbonyl (C=O) groups is 1. The van der Waals surface area contributed by atoms with Gasteiger partial charge < -0.3 is 10.4 Å². The maximum absolute atomic E-state index is 13.6. The van der Waals surface area contributed by atoms with Crippen molar-refractivity contribution < 1.29 is 18.7 Å². The van der Waals surface area contributed by atoms with E-state index in [0.717, 1.165) is 12.1 Å². The lowest BCUT2D eigenvalue weighted by atomic mass is 9.88. The first kappa shape index (κ1) is 17.0. The summed E-state index contributed by atoms with van der Waals surface area (Å²) in [4.78, 5) is 11.9. The van der Waals surface area contributed by atoms with Crippen LogP contribution in [-0.2, 0) is 0 Å². The molecule has 0 atom stereocenters. The second-order valence-corrected chi connectivity index (χ2v) is 6.33. The summed E-state index contributed by atoms with van der Waals surface area (Å²) in [7, 11) is 0. The Morgan fingerprint density at radius 1 is 1.35 bits per heavy atom. The van der Waals surface area contributed by atoms with E-state index in [-0.39, 0.29) is 23.0 Å². The summed E-state index contributed by atoms with van der Waals surface area (Å²) in [6.45, 7) is 4.18. The number of halogens is 3. The van der Waals surface area contributed by atoms with Crippen LogP contribution in [0.1, 0.15) is 37.0 Å². The zero-order valence-corrected chi connectivity index (χ0v) is 13.1. The van der Waals surface area contributed by atoms with Gasteiger partial charge in [0.05, 0.1) is 0 Å². The molecule has 0 aliphatic rings. The van der Waals surface area contributed by atoms with E-state index >= 15 is 0 Å². The highest BCUT2D eigenvalue weighted by molar-refractivity contribution is 9.10. The molecule has 0 bridgehead atoms. The first-order valence-corrected chi connectivity index (χ1v) is 7.10. The van der Waals surface area contributed by atoms with Gasteiger partial charge in [-0.3, -0.25) is 4.79 Å². The van der Waals surface area contributed by atoms with Gasteiger partial charge in [0.1, 0.15) is 17.2 Å². The van der Waals surface area contributed by atoms with Crippen molar-refractivity contribution in [2.24, 2.45) is 5.41 Å². The van der Waals surface area contributed by atoms with Crippen LogP contribution in [0.15, 0.2) is 16.6 Å². The Hall–Kier alpha value is -1.01. The minimum Gasteiger partial charge on any atom is -0.396 e. The van der Waals surface area contributed by atoms with Gasteiger partial charge in [-0.2, -0.15) is 0 Å². The van der Waals surface area contributed by atoms with Crippen LogP contribution in [0.5, 0.6) is 0 Å². The lowest BCUT2D eigenvalue weighted by Gasteiger charge is -2.24. The predicted octanol–water partition coefficient (Wildman–Crippen LogP) is 3.26. The maximum Gasteiger partial charge on any atom is 0.257 e. The van der Waals surface area contributed by atoms with E-state index in [1.807, 2.05) is 13.8 Å². The van der Waals surface area contributed by atoms with Crippen molar-refractivity contribution in [2.45, 2.75) is 26.7 Å². The van der Waals surface area contributed by atoms with E-state index in [1.165, 1.54) is 0 Å². The minimum atomic E-state index is -0.900. The molecule has 0 radical (unpaired) electrons. The average Bonchev–Trinajstić information content (AvgIpc) is 2.33. The van der Waals surface area contributed by atoms with Crippen LogP contribution in [0.2, 0.25) is 0 Å². The molecule has 0 aliphatic carbocycles. The van der Waals surface area contributed by atoms with Crippen LogP contribution in [0, 0.1) is 17.0 Å². The zero-order chi connectivity index (χ0) is 15.3. The second kappa shape index (κ2) is 7.13. The molecule has 1 rings (SSSR count). The SMILES string of the molecule is CC(C)(CCCO)CNC(=O)c1c(F)cc(Br)cc1F. The Bertz CT molecular complexity index is 469. The number of aliphatic hydroxyl groups excluding tert-OH is 1. The van der Waals surface area contributed by atoms with Crippen LogP contribution in [0.25, 0.3) is 0 Å². The number of nitrogens with one attached hydrogen (secondary N) is 1. The van der Waals surface area contributed by atoms with Gasteiger partial charge in [-0.25, -0.2) is 8.78 Å². The Kier molecular flexibility index (Phi) is 6.07. The van der Waals surface area contributed by atoms with Crippen molar-refractivity contribution in [2.75, 3.05) is 13.2 Å². The Morgan fingerprint density at radius 2 is 1.90 bits per heavy atom. The fraction of sp³-hybridized carbons (Fsp3) is 0.500. The molecule has 0 saturated carbocycles. The molecule has 0 aromatic heterocycles. The first-order valence-electron chi connectivity index (χ1n) is 6.30. The van der Waals surface area contributed by atoms with Gasteiger partial charge >= 0.3 is 0 Å². The zero-order valence-electron chi connectivity index (χ0n) is 11.5. The smallest absolute Gasteiger partial charge is 0.257 e. The third-order valence-corrected chi connectivity index (χ3v) is 3.43. The van der Waals surface area contributed by atoms with Crippen molar-refractivity contribution in [3.05, 3.63) is 33.8 Å². The van der Waals surface area contributed by atoms with Crippen LogP contribution in [0.4, 0.5) is 8.78 Å². The fourth-order valence-corrected chi connectivity index (χ4v) is 2.22. The summed E-state index contributed by atoms with van der Waals surface area (Å²) in [5.41, 5.74) is -0.827. The largest absolute Gasteiger partial charge is 0.396 e. The van der Waals surface area contributed by atoms with Crippen molar-refractivity contribution >= 4 is 21.8 Å². The lowest BCUT2D eigenvalue weighted by Crippen LogP contribution is -2.35. The number of hydrogen-bond donors (Lipinski definition) is 2. The molecule has 3 nitrogen and oxygen atoms in total. The first-order chi connectivity index (χ1) is 9.26. The van der Waals surface area contributed by atoms with E-state index in [9.17, 15) is 13.6 Å². The number of amides is 1. The highest BCUT2D eigenvalue weighted by Gasteiger charge is 2.22. The summed E-state index contributed by atoms with van der Waals surface area (Å²) < 4.78 is 27.5. The van der Waals surface area contributed by atoms with E-state index in [1.54, 1.807) is 0 Å². The van der Waals surface area contributed by atoms with Crippen LogP contribution in [0.3, 0.4) is 0 Å². The van der Waals surface area contributed by atoms with Crippen molar-refractivity contribution in [3.8, 4) is 0 Å². The normalized spacial score (nSPS) is 11.5. The van der Waals surface area contributed by atoms with E-state index in [2.05, 4.69) is 21.2 Å². The molecule has 0 heterocycles. The van der Waals surface area contributed by atoms with Crippen LogP contribution < -0.4 is 5.32 Å². The number of hydrogen-bond acceptors (Lipinski definition) is 2. The Morgan fingerprint density at radius 3 is 2.40 bits per heavy atom. The third kappa shape index (κ3) is 4.83. The number of rotatable bonds is 6. The summed E-state index contributed by atoms with van der Waals surface area (Å²) in [6.07, 6.45) is 1.32. The van der Waals surface area contributed by atoms with Gasteiger partial charge in [0.15, 0.2) is 0 Å². The fourth-order valence-electron chi connectivity index (χ4n) is 1.81. The summed E-state index contributed by atoms with van der Waals surface area (Å²) in [6, 6.07) is 2.10. The highest BCUT2D eigenvalue weighted by atomic mass is 79.9. The van der Waals surface area contributed by atoms with Crippen molar-refractivity contribution in [1.82, 2.24) is 5.32 Å². The topological polar surface area (TPSA) is 49.3 Å². The molecule has 1 aromatic rings. The minimum absolute atomic E-state index is 0.0767. The molecule has 0 fully saturated rings. The molecule has 1 aromatic carbocycles. The molecule has 0 unspecified atom stereocenters. The monoisotopic (exact) mass is 349 g/mol. The molecule has 20 heavy (non-hydrogen) atoms. The van der Waals surface area contributed by atoms with E-state index < -0.39 is 23.1 Å². The van der Waals surface area contributed by atoms with Crippen LogP contribution >= 0.6 is 15.9 Å². The molecule has 6 heteroatoms. The van der Waals surface area contributed by atoms with Crippen LogP contribution in [-0.4, -0.2) is 24.2 Å². The molecule has 0 spiro atoms. The molecule has 112 valence electrons. The molecule has 2 N–H and O–H groups in total. The second-order valence-electron chi connectivity index (χ2n) is 5.42. The summed E-state index contributed by atoms with van der Waals surface area (Å²) in [5.74, 6) is -2.57. The van der Waals surface area contributed by atoms with E-state index in [4.69, 9.17) is 5.11 Å². The standard InChI is InChI=1S/C14H18BrF2NO2/c1-14(2,4-3-5-19)8-18-13(20)12-10(16)6-9(15)7-11(12)17/h6-7,19H,3-5,8H2,1-2H3,(H,18,20). The third-order valence-electron chi connectivity index (χ3n) is 2.97. The summed E-state index contributed by atoms with van der Waals surface area (Å²) >= 11 is 2.96. The van der Waals surface area contributed by atoms with Crippen molar-refractivity contribution in [3.63, 3.8) is 0 Å². The van der Waals surface area contributed by atoms with Gasteiger partial charge in [0, 0.05) is 17.6 Å². The molecule has 1 amide bonds. The van der Waals surface area contributed by atoms with Crippen molar-refractivity contribution in [1.29, 1.82) is 0 Å². The number of aliphatic hydroxyl groups is 1. The van der Waals surface area contributed by atoms with E-state index in [0.29, 0.717) is 12.8 Å². The molecular formula is C14H18BrF2NO2. The quantitative estimate of drug-likeness (QED) is 0.828. The van der Waals surface area contributed by atoms with Gasteiger partial charge in [0.25, 0.3) is 5.91 Å². The maximum atomic E-state index is 13.6. The van der Waals surface area contributed by atoms with Gasteiger partial charge in [-0.1, -0.05) is 29.8 Å². The lowest BCUT2D eigenvalue weighted by molar-refractivity contribution is 0.0924. The van der Waals surface area contributed by atoms with Gasteiger partial charge in [-0.05, 0) is 30.4 Å². The average molecular weight is 350 g/mol. The number of benzene rings is 1. The Labute approximate surface area is 125 Å². The number of carbonyl (C=O) groups excluding carboxylic acids is 1. The predicted molar refractivity (Wildman–Crippen MR) is 76.5 cm³/mol. The molecule has 0 aliphatic heterocycles. The molecule has 0 saturated heterocycles. The van der Waals surface area contributed by atoms with Gasteiger partial charge in [0.2, 0.25) is 0 Å². The highest BCUT2D eigenvalue weighted by Crippen LogP contribution is 2.22.